The van der Waals surface area contributed by atoms with E-state index in [2.05, 4.69) is 4.98 Å². The number of Topliss-reactive ketones (excluding diaryl/α,β-unsaturated/α-hetero) is 1. The molecule has 0 fully saturated rings. The number of carbonyl (C=O) groups excluding carboxylic acids is 1. The largest absolute Gasteiger partial charge is 0.490 e. The van der Waals surface area contributed by atoms with E-state index in [0.29, 0.717) is 23.8 Å². The number of halogens is 1. The number of hydrogen-bond acceptors (Lipinski definition) is 5. The van der Waals surface area contributed by atoms with Gasteiger partial charge in [0.05, 0.1) is 10.6 Å². The molecule has 0 aliphatic rings. The number of thiazole rings is 1. The van der Waals surface area contributed by atoms with Crippen LogP contribution in [0.4, 0.5) is 4.39 Å². The van der Waals surface area contributed by atoms with E-state index in [1.165, 1.54) is 23.5 Å². The number of aryl methyl sites for hydroxylation is 1. The zero-order valence-corrected chi connectivity index (χ0v) is 15.3. The fourth-order valence-corrected chi connectivity index (χ4v) is 3.36. The van der Waals surface area contributed by atoms with Crippen molar-refractivity contribution in [3.8, 4) is 22.1 Å². The Balaban J connectivity index is 1.53. The molecule has 0 spiro atoms. The third-order valence-corrected chi connectivity index (χ3v) is 4.96. The quantitative estimate of drug-likeness (QED) is 0.437. The Kier molecular flexibility index (Phi) is 5.63. The maximum atomic E-state index is 12.8. The lowest BCUT2D eigenvalue weighted by Crippen LogP contribution is -2.08. The van der Waals surface area contributed by atoms with E-state index in [-0.39, 0.29) is 11.6 Å². The Bertz CT molecular complexity index is 888. The van der Waals surface area contributed by atoms with Crippen LogP contribution in [0.5, 0.6) is 11.5 Å². The van der Waals surface area contributed by atoms with Gasteiger partial charge in [-0.15, -0.1) is 11.3 Å². The molecule has 4 nitrogen and oxygen atoms in total. The van der Waals surface area contributed by atoms with Gasteiger partial charge in [0, 0.05) is 12.5 Å². The average Bonchev–Trinajstić information content (AvgIpc) is 3.03. The second kappa shape index (κ2) is 8.10. The van der Waals surface area contributed by atoms with E-state index >= 15 is 0 Å². The lowest BCUT2D eigenvalue weighted by atomic mass is 10.2. The van der Waals surface area contributed by atoms with Gasteiger partial charge in [0.1, 0.15) is 35.5 Å². The van der Waals surface area contributed by atoms with Gasteiger partial charge in [-0.2, -0.15) is 0 Å². The number of carbonyl (C=O) groups is 1. The fourth-order valence-electron chi connectivity index (χ4n) is 2.39. The van der Waals surface area contributed by atoms with Gasteiger partial charge in [0.15, 0.2) is 5.78 Å². The summed E-state index contributed by atoms with van der Waals surface area (Å²) in [7, 11) is 0. The molecule has 0 radical (unpaired) electrons. The molecule has 0 saturated heterocycles. The Morgan fingerprint density at radius 1 is 1.00 bits per heavy atom. The highest BCUT2D eigenvalue weighted by Crippen LogP contribution is 2.29. The first-order valence-corrected chi connectivity index (χ1v) is 8.94. The van der Waals surface area contributed by atoms with Crippen LogP contribution >= 0.6 is 11.3 Å². The van der Waals surface area contributed by atoms with Crippen molar-refractivity contribution in [2.24, 2.45) is 0 Å². The van der Waals surface area contributed by atoms with Crippen LogP contribution in [0.3, 0.4) is 0 Å². The van der Waals surface area contributed by atoms with Crippen LogP contribution < -0.4 is 9.47 Å². The fraction of sp³-hybridized carbons (Fsp3) is 0.200. The summed E-state index contributed by atoms with van der Waals surface area (Å²) < 4.78 is 23.9. The Morgan fingerprint density at radius 2 is 1.54 bits per heavy atom. The number of nitrogens with zero attached hydrogens (tertiary/aromatic N) is 1. The molecule has 2 aromatic carbocycles. The van der Waals surface area contributed by atoms with E-state index in [1.54, 1.807) is 19.1 Å². The van der Waals surface area contributed by atoms with Crippen LogP contribution in [0.25, 0.3) is 10.6 Å². The van der Waals surface area contributed by atoms with E-state index in [0.717, 1.165) is 22.0 Å². The number of hydrogen-bond donors (Lipinski definition) is 0. The maximum Gasteiger partial charge on any atom is 0.171 e. The van der Waals surface area contributed by atoms with Crippen LogP contribution in [0.1, 0.15) is 22.3 Å². The monoisotopic (exact) mass is 371 g/mol. The van der Waals surface area contributed by atoms with Crippen molar-refractivity contribution >= 4 is 17.1 Å². The number of benzene rings is 2. The topological polar surface area (TPSA) is 48.4 Å². The molecule has 0 aliphatic carbocycles. The summed E-state index contributed by atoms with van der Waals surface area (Å²) in [6.45, 7) is 4.13. The number of ether oxygens (including phenoxy) is 2. The van der Waals surface area contributed by atoms with E-state index in [9.17, 15) is 9.18 Å². The minimum atomic E-state index is -0.292. The summed E-state index contributed by atoms with van der Waals surface area (Å²) in [6, 6.07) is 13.4. The van der Waals surface area contributed by atoms with Crippen LogP contribution in [0.2, 0.25) is 0 Å². The van der Waals surface area contributed by atoms with Crippen molar-refractivity contribution in [2.45, 2.75) is 13.8 Å². The molecule has 3 aromatic rings. The Hall–Kier alpha value is -2.73. The second-order valence-electron chi connectivity index (χ2n) is 5.66. The summed E-state index contributed by atoms with van der Waals surface area (Å²) in [5.74, 6) is 1.06. The minimum Gasteiger partial charge on any atom is -0.490 e. The van der Waals surface area contributed by atoms with Crippen LogP contribution in [-0.2, 0) is 0 Å². The molecule has 0 amide bonds. The van der Waals surface area contributed by atoms with Gasteiger partial charge < -0.3 is 9.47 Å². The highest BCUT2D eigenvalue weighted by atomic mass is 32.1. The zero-order valence-electron chi connectivity index (χ0n) is 14.5. The highest BCUT2D eigenvalue weighted by Gasteiger charge is 2.12. The highest BCUT2D eigenvalue weighted by molar-refractivity contribution is 7.17. The van der Waals surface area contributed by atoms with Crippen molar-refractivity contribution in [2.75, 3.05) is 13.2 Å². The first kappa shape index (κ1) is 18.1. The first-order chi connectivity index (χ1) is 12.5. The lowest BCUT2D eigenvalue weighted by molar-refractivity contribution is 0.102. The van der Waals surface area contributed by atoms with Crippen molar-refractivity contribution < 1.29 is 18.7 Å². The molecular weight excluding hydrogens is 353 g/mol. The maximum absolute atomic E-state index is 12.8. The lowest BCUT2D eigenvalue weighted by Gasteiger charge is -2.08. The van der Waals surface area contributed by atoms with E-state index in [4.69, 9.17) is 9.47 Å². The second-order valence-corrected chi connectivity index (χ2v) is 6.66. The molecular formula is C20H18FNO3S. The van der Waals surface area contributed by atoms with E-state index in [1.807, 2.05) is 31.2 Å². The van der Waals surface area contributed by atoms with Gasteiger partial charge in [-0.1, -0.05) is 0 Å². The number of aromatic nitrogens is 1. The van der Waals surface area contributed by atoms with Gasteiger partial charge in [0.25, 0.3) is 0 Å². The summed E-state index contributed by atoms with van der Waals surface area (Å²) in [4.78, 5) is 16.7. The summed E-state index contributed by atoms with van der Waals surface area (Å²) in [5, 5.41) is 0.818. The molecule has 0 unspecified atom stereocenters. The molecule has 0 saturated carbocycles. The Morgan fingerprint density at radius 3 is 2.04 bits per heavy atom. The third kappa shape index (κ3) is 4.46. The molecule has 1 aromatic heterocycles. The van der Waals surface area contributed by atoms with Gasteiger partial charge in [0.2, 0.25) is 0 Å². The number of ketones is 1. The predicted octanol–water partition coefficient (Wildman–Crippen LogP) is 4.92. The smallest absolute Gasteiger partial charge is 0.171 e. The molecule has 134 valence electrons. The summed E-state index contributed by atoms with van der Waals surface area (Å²) in [6.07, 6.45) is 0. The van der Waals surface area contributed by atoms with Crippen LogP contribution in [-0.4, -0.2) is 24.0 Å². The molecule has 3 rings (SSSR count). The molecule has 26 heavy (non-hydrogen) atoms. The summed E-state index contributed by atoms with van der Waals surface area (Å²) in [5.41, 5.74) is 1.70. The van der Waals surface area contributed by atoms with Gasteiger partial charge >= 0.3 is 0 Å². The van der Waals surface area contributed by atoms with E-state index < -0.39 is 0 Å². The standard InChI is InChI=1S/C20H18FNO3S/c1-13-19(14(2)23)26-20(22-13)15-3-7-17(8-4-15)24-11-12-25-18-9-5-16(21)6-10-18/h3-10H,11-12H2,1-2H3. The van der Waals surface area contributed by atoms with Gasteiger partial charge in [-0.05, 0) is 55.5 Å². The van der Waals surface area contributed by atoms with Crippen LogP contribution in [0.15, 0.2) is 48.5 Å². The molecule has 0 bridgehead atoms. The molecule has 0 N–H and O–H groups in total. The third-order valence-electron chi connectivity index (χ3n) is 3.65. The normalized spacial score (nSPS) is 10.6. The van der Waals surface area contributed by atoms with Gasteiger partial charge in [-0.25, -0.2) is 9.37 Å². The first-order valence-electron chi connectivity index (χ1n) is 8.13. The van der Waals surface area contributed by atoms with Crippen molar-refractivity contribution in [1.82, 2.24) is 4.98 Å². The molecule has 1 heterocycles. The predicted molar refractivity (Wildman–Crippen MR) is 99.7 cm³/mol. The number of rotatable bonds is 7. The minimum absolute atomic E-state index is 0.0346. The SMILES string of the molecule is CC(=O)c1sc(-c2ccc(OCCOc3ccc(F)cc3)cc2)nc1C. The van der Waals surface area contributed by atoms with Gasteiger partial charge in [-0.3, -0.25) is 4.79 Å². The Labute approximate surface area is 155 Å². The average molecular weight is 371 g/mol. The van der Waals surface area contributed by atoms with Crippen molar-refractivity contribution in [3.63, 3.8) is 0 Å². The molecule has 6 heteroatoms. The van der Waals surface area contributed by atoms with Crippen LogP contribution in [0, 0.1) is 12.7 Å². The van der Waals surface area contributed by atoms with Crippen molar-refractivity contribution in [1.29, 1.82) is 0 Å². The van der Waals surface area contributed by atoms with Crippen molar-refractivity contribution in [3.05, 3.63) is 64.9 Å². The molecule has 0 aliphatic heterocycles. The summed E-state index contributed by atoms with van der Waals surface area (Å²) >= 11 is 1.40. The zero-order chi connectivity index (χ0) is 18.5. The molecule has 0 atom stereocenters.